The minimum Gasteiger partial charge on any atom is -0.369 e. The van der Waals surface area contributed by atoms with Crippen molar-refractivity contribution in [3.05, 3.63) is 29.7 Å². The molecule has 0 aromatic carbocycles. The van der Waals surface area contributed by atoms with Crippen LogP contribution in [0.15, 0.2) is 18.5 Å². The fourth-order valence-electron chi connectivity index (χ4n) is 5.81. The predicted octanol–water partition coefficient (Wildman–Crippen LogP) is 4.49. The Morgan fingerprint density at radius 1 is 1.09 bits per heavy atom. The van der Waals surface area contributed by atoms with Crippen molar-refractivity contribution in [2.45, 2.75) is 75.4 Å². The molecule has 0 aliphatic heterocycles. The Labute approximate surface area is 193 Å². The van der Waals surface area contributed by atoms with E-state index in [9.17, 15) is 26.7 Å². The van der Waals surface area contributed by atoms with Gasteiger partial charge in [-0.3, -0.25) is 4.79 Å². The van der Waals surface area contributed by atoms with Crippen LogP contribution in [0.4, 0.5) is 22.0 Å². The zero-order valence-corrected chi connectivity index (χ0v) is 18.6. The fraction of sp³-hybridized carbons (Fsp3) is 0.696. The third kappa shape index (κ3) is 4.05. The standard InChI is InChI=1S/C23H28F5N5O/c24-22(25)5-3-13(4-6-22)19(29)15-11-33-16(32-15)9-14(10-31-33)17(12-1-2-12)18(20(30)34)21(7-8-21)23(26,27)28/h9-13,17-19H,1-8,29H2,(H2,30,34)/t17-,18?,19-/m0/s1. The Morgan fingerprint density at radius 3 is 2.26 bits per heavy atom. The molecular formula is C23H28F5N5O. The molecule has 34 heavy (non-hydrogen) atoms. The summed E-state index contributed by atoms with van der Waals surface area (Å²) in [5.74, 6) is -5.84. The van der Waals surface area contributed by atoms with Crippen molar-refractivity contribution in [1.82, 2.24) is 14.6 Å². The van der Waals surface area contributed by atoms with Gasteiger partial charge in [-0.25, -0.2) is 18.3 Å². The third-order valence-electron chi connectivity index (χ3n) is 8.10. The SMILES string of the molecule is NC(=O)C([C@H](c1cnn2cc([C@@H](N)C3CCC(F)(F)CC3)nc2c1)C1CC1)C1(C(F)(F)F)CC1. The van der Waals surface area contributed by atoms with Gasteiger partial charge in [-0.2, -0.15) is 18.3 Å². The number of hydrogen-bond donors (Lipinski definition) is 2. The van der Waals surface area contributed by atoms with Crippen molar-refractivity contribution in [3.8, 4) is 0 Å². The number of halogens is 5. The summed E-state index contributed by atoms with van der Waals surface area (Å²) in [7, 11) is 0. The Balaban J connectivity index is 1.45. The number of nitrogens with two attached hydrogens (primary N) is 2. The summed E-state index contributed by atoms with van der Waals surface area (Å²) in [6.45, 7) is 0. The Bertz CT molecular complexity index is 1080. The van der Waals surface area contributed by atoms with E-state index < -0.39 is 41.3 Å². The molecule has 3 saturated carbocycles. The van der Waals surface area contributed by atoms with Gasteiger partial charge in [0.2, 0.25) is 11.8 Å². The van der Waals surface area contributed by atoms with Gasteiger partial charge in [-0.1, -0.05) is 0 Å². The first-order valence-corrected chi connectivity index (χ1v) is 11.8. The highest BCUT2D eigenvalue weighted by Gasteiger charge is 2.70. The molecule has 186 valence electrons. The van der Waals surface area contributed by atoms with Crippen molar-refractivity contribution in [2.75, 3.05) is 0 Å². The van der Waals surface area contributed by atoms with Gasteiger partial charge in [0.15, 0.2) is 5.65 Å². The van der Waals surface area contributed by atoms with Crippen LogP contribution in [0.1, 0.15) is 74.6 Å². The summed E-state index contributed by atoms with van der Waals surface area (Å²) < 4.78 is 70.3. The summed E-state index contributed by atoms with van der Waals surface area (Å²) in [6, 6.07) is 1.11. The van der Waals surface area contributed by atoms with E-state index in [-0.39, 0.29) is 37.5 Å². The lowest BCUT2D eigenvalue weighted by atomic mass is 9.72. The Morgan fingerprint density at radius 2 is 1.74 bits per heavy atom. The van der Waals surface area contributed by atoms with E-state index in [0.717, 1.165) is 12.8 Å². The Kier molecular flexibility index (Phi) is 5.42. The number of fused-ring (bicyclic) bond motifs is 1. The summed E-state index contributed by atoms with van der Waals surface area (Å²) in [4.78, 5) is 16.9. The van der Waals surface area contributed by atoms with Gasteiger partial charge in [-0.05, 0) is 62.0 Å². The van der Waals surface area contributed by atoms with Gasteiger partial charge in [0.1, 0.15) is 0 Å². The van der Waals surface area contributed by atoms with Crippen molar-refractivity contribution in [1.29, 1.82) is 0 Å². The summed E-state index contributed by atoms with van der Waals surface area (Å²) in [6.07, 6.45) is 0.0185. The molecular weight excluding hydrogens is 457 g/mol. The summed E-state index contributed by atoms with van der Waals surface area (Å²) in [5.41, 5.74) is 11.2. The first-order valence-electron chi connectivity index (χ1n) is 11.8. The number of carbonyl (C=O) groups excluding carboxylic acids is 1. The van der Waals surface area contributed by atoms with E-state index in [4.69, 9.17) is 11.5 Å². The average Bonchev–Trinajstić information content (AvgIpc) is 3.67. The number of primary amides is 1. The highest BCUT2D eigenvalue weighted by Crippen LogP contribution is 2.67. The predicted molar refractivity (Wildman–Crippen MR) is 113 cm³/mol. The molecule has 0 bridgehead atoms. The minimum absolute atomic E-state index is 0.0674. The van der Waals surface area contributed by atoms with Gasteiger partial charge < -0.3 is 11.5 Å². The molecule has 0 saturated heterocycles. The van der Waals surface area contributed by atoms with Crippen LogP contribution in [-0.2, 0) is 4.79 Å². The number of alkyl halides is 5. The molecule has 2 aromatic heterocycles. The van der Waals surface area contributed by atoms with Crippen LogP contribution < -0.4 is 11.5 Å². The number of nitrogens with zero attached hydrogens (tertiary/aromatic N) is 3. The second kappa shape index (κ2) is 7.86. The van der Waals surface area contributed by atoms with Crippen molar-refractivity contribution < 1.29 is 26.7 Å². The van der Waals surface area contributed by atoms with E-state index in [0.29, 0.717) is 29.7 Å². The summed E-state index contributed by atoms with van der Waals surface area (Å²) >= 11 is 0. The van der Waals surface area contributed by atoms with Crippen molar-refractivity contribution in [2.24, 2.45) is 34.6 Å². The number of hydrogen-bond acceptors (Lipinski definition) is 4. The number of amides is 1. The zero-order chi connectivity index (χ0) is 24.5. The lowest BCUT2D eigenvalue weighted by Gasteiger charge is -2.33. The van der Waals surface area contributed by atoms with E-state index >= 15 is 0 Å². The van der Waals surface area contributed by atoms with Crippen LogP contribution in [0.25, 0.3) is 5.65 Å². The van der Waals surface area contributed by atoms with E-state index in [1.165, 1.54) is 10.7 Å². The molecule has 1 amide bonds. The van der Waals surface area contributed by atoms with Gasteiger partial charge in [0.05, 0.1) is 35.5 Å². The molecule has 3 aliphatic carbocycles. The van der Waals surface area contributed by atoms with Crippen LogP contribution in [0.2, 0.25) is 0 Å². The maximum Gasteiger partial charge on any atom is 0.395 e. The molecule has 6 nitrogen and oxygen atoms in total. The lowest BCUT2D eigenvalue weighted by Crippen LogP contribution is -2.44. The van der Waals surface area contributed by atoms with Crippen molar-refractivity contribution >= 4 is 11.6 Å². The largest absolute Gasteiger partial charge is 0.395 e. The molecule has 2 aromatic rings. The van der Waals surface area contributed by atoms with E-state index in [2.05, 4.69) is 10.1 Å². The van der Waals surface area contributed by atoms with Crippen LogP contribution in [0.5, 0.6) is 0 Å². The van der Waals surface area contributed by atoms with E-state index in [1.54, 1.807) is 12.3 Å². The molecule has 4 N–H and O–H groups in total. The average molecular weight is 486 g/mol. The monoisotopic (exact) mass is 485 g/mol. The topological polar surface area (TPSA) is 99.3 Å². The van der Waals surface area contributed by atoms with Crippen LogP contribution in [0.3, 0.4) is 0 Å². The van der Waals surface area contributed by atoms with Gasteiger partial charge >= 0.3 is 6.18 Å². The molecule has 3 aliphatic rings. The van der Waals surface area contributed by atoms with E-state index in [1.807, 2.05) is 0 Å². The number of imidazole rings is 1. The second-order valence-electron chi connectivity index (χ2n) is 10.4. The first kappa shape index (κ1) is 23.4. The molecule has 0 radical (unpaired) electrons. The smallest absolute Gasteiger partial charge is 0.369 e. The van der Waals surface area contributed by atoms with Gasteiger partial charge in [0, 0.05) is 18.8 Å². The molecule has 1 unspecified atom stereocenters. The third-order valence-corrected chi connectivity index (χ3v) is 8.10. The summed E-state index contributed by atoms with van der Waals surface area (Å²) in [5, 5.41) is 4.34. The Hall–Kier alpha value is -2.30. The fourth-order valence-corrected chi connectivity index (χ4v) is 5.81. The van der Waals surface area contributed by atoms with Crippen LogP contribution >= 0.6 is 0 Å². The molecule has 3 fully saturated rings. The number of rotatable bonds is 7. The number of aromatic nitrogens is 3. The molecule has 11 heteroatoms. The van der Waals surface area contributed by atoms with Crippen molar-refractivity contribution in [3.63, 3.8) is 0 Å². The molecule has 5 rings (SSSR count). The number of carbonyl (C=O) groups is 1. The molecule has 3 atom stereocenters. The second-order valence-corrected chi connectivity index (χ2v) is 10.4. The highest BCUT2D eigenvalue weighted by atomic mass is 19.4. The molecule has 0 spiro atoms. The van der Waals surface area contributed by atoms with Gasteiger partial charge in [-0.15, -0.1) is 0 Å². The quantitative estimate of drug-likeness (QED) is 0.565. The normalized spacial score (nSPS) is 25.1. The van der Waals surface area contributed by atoms with Crippen LogP contribution in [-0.4, -0.2) is 32.6 Å². The maximum absolute atomic E-state index is 13.9. The zero-order valence-electron chi connectivity index (χ0n) is 18.6. The minimum atomic E-state index is -4.51. The maximum atomic E-state index is 13.9. The molecule has 2 heterocycles. The van der Waals surface area contributed by atoms with Crippen LogP contribution in [0, 0.1) is 23.2 Å². The lowest BCUT2D eigenvalue weighted by molar-refractivity contribution is -0.206. The first-order chi connectivity index (χ1) is 15.9. The highest BCUT2D eigenvalue weighted by molar-refractivity contribution is 5.79. The van der Waals surface area contributed by atoms with Gasteiger partial charge in [0.25, 0.3) is 0 Å².